The van der Waals surface area contributed by atoms with Gasteiger partial charge in [-0.05, 0) is 38.0 Å². The summed E-state index contributed by atoms with van der Waals surface area (Å²) in [4.78, 5) is 26.8. The summed E-state index contributed by atoms with van der Waals surface area (Å²) in [5.74, 6) is 0.0480. The van der Waals surface area contributed by atoms with Crippen molar-refractivity contribution in [2.24, 2.45) is 0 Å². The molecule has 0 fully saturated rings. The Morgan fingerprint density at radius 2 is 1.86 bits per heavy atom. The first kappa shape index (κ1) is 16.0. The lowest BCUT2D eigenvalue weighted by Crippen LogP contribution is -2.37. The van der Waals surface area contributed by atoms with Crippen LogP contribution in [0.1, 0.15) is 44.8 Å². The molecule has 0 spiro atoms. The monoisotopic (exact) mass is 305 g/mol. The van der Waals surface area contributed by atoms with E-state index in [9.17, 15) is 14.0 Å². The molecule has 2 N–H and O–H groups in total. The molecule has 0 saturated carbocycles. The number of nitrogens with zero attached hydrogens (tertiary/aromatic N) is 1. The van der Waals surface area contributed by atoms with Crippen molar-refractivity contribution in [3.05, 3.63) is 62.6 Å². The zero-order valence-corrected chi connectivity index (χ0v) is 12.9. The van der Waals surface area contributed by atoms with Gasteiger partial charge in [-0.3, -0.25) is 14.3 Å². The molecule has 5 nitrogen and oxygen atoms in total. The highest BCUT2D eigenvalue weighted by molar-refractivity contribution is 5.36. The predicted molar refractivity (Wildman–Crippen MR) is 84.8 cm³/mol. The third kappa shape index (κ3) is 3.44. The maximum atomic E-state index is 12.9. The van der Waals surface area contributed by atoms with Gasteiger partial charge in [0.1, 0.15) is 11.6 Å². The standard InChI is InChI=1S/C16H20FN3O2/c1-4-10(2)20-15(21)9-14(19-16(20)22)18-11(3)12-5-7-13(17)8-6-12/h5-11,18H,4H2,1-3H3,(H,19,22)/t10-,11-/m0/s1. The zero-order chi connectivity index (χ0) is 16.3. The van der Waals surface area contributed by atoms with Crippen molar-refractivity contribution in [2.75, 3.05) is 5.32 Å². The third-order valence-electron chi connectivity index (χ3n) is 3.74. The van der Waals surface area contributed by atoms with Crippen molar-refractivity contribution in [3.8, 4) is 0 Å². The van der Waals surface area contributed by atoms with E-state index in [0.29, 0.717) is 12.2 Å². The second-order valence-electron chi connectivity index (χ2n) is 5.37. The Kier molecular flexibility index (Phi) is 4.80. The van der Waals surface area contributed by atoms with Gasteiger partial charge in [0.2, 0.25) is 0 Å². The first-order valence-electron chi connectivity index (χ1n) is 7.30. The Morgan fingerprint density at radius 1 is 1.23 bits per heavy atom. The molecule has 6 heteroatoms. The zero-order valence-electron chi connectivity index (χ0n) is 12.9. The number of halogens is 1. The van der Waals surface area contributed by atoms with E-state index in [1.807, 2.05) is 20.8 Å². The Balaban J connectivity index is 2.25. The molecule has 1 aromatic carbocycles. The first-order valence-corrected chi connectivity index (χ1v) is 7.30. The van der Waals surface area contributed by atoms with Gasteiger partial charge in [0, 0.05) is 18.2 Å². The molecule has 0 saturated heterocycles. The Bertz CT molecular complexity index is 718. The molecule has 0 aliphatic rings. The number of rotatable bonds is 5. The molecule has 0 radical (unpaired) electrons. The van der Waals surface area contributed by atoms with Crippen LogP contribution in [-0.2, 0) is 0 Å². The molecule has 22 heavy (non-hydrogen) atoms. The summed E-state index contributed by atoms with van der Waals surface area (Å²) in [5, 5.41) is 3.05. The van der Waals surface area contributed by atoms with Crippen molar-refractivity contribution < 1.29 is 4.39 Å². The molecule has 2 rings (SSSR count). The first-order chi connectivity index (χ1) is 10.4. The maximum absolute atomic E-state index is 12.9. The van der Waals surface area contributed by atoms with Crippen LogP contribution in [0, 0.1) is 5.82 Å². The van der Waals surface area contributed by atoms with E-state index in [0.717, 1.165) is 5.56 Å². The molecule has 2 atom stereocenters. The summed E-state index contributed by atoms with van der Waals surface area (Å²) < 4.78 is 14.1. The number of nitrogens with one attached hydrogen (secondary N) is 2. The molecular weight excluding hydrogens is 285 g/mol. The Labute approximate surface area is 127 Å². The number of aromatic amines is 1. The van der Waals surface area contributed by atoms with Gasteiger partial charge in [-0.25, -0.2) is 9.18 Å². The van der Waals surface area contributed by atoms with Gasteiger partial charge < -0.3 is 5.32 Å². The number of H-pyrrole nitrogens is 1. The van der Waals surface area contributed by atoms with Crippen molar-refractivity contribution >= 4 is 5.82 Å². The van der Waals surface area contributed by atoms with E-state index in [4.69, 9.17) is 0 Å². The Hall–Kier alpha value is -2.37. The van der Waals surface area contributed by atoms with Crippen LogP contribution in [0.5, 0.6) is 0 Å². The molecule has 2 aromatic rings. The van der Waals surface area contributed by atoms with Crippen LogP contribution >= 0.6 is 0 Å². The molecule has 0 amide bonds. The SMILES string of the molecule is CC[C@H](C)n1c(=O)cc(N[C@@H](C)c2ccc(F)cc2)[nH]c1=O. The van der Waals surface area contributed by atoms with Crippen LogP contribution in [0.15, 0.2) is 39.9 Å². The van der Waals surface area contributed by atoms with Gasteiger partial charge in [0.15, 0.2) is 0 Å². The molecule has 0 aliphatic carbocycles. The van der Waals surface area contributed by atoms with Crippen LogP contribution in [0.2, 0.25) is 0 Å². The van der Waals surface area contributed by atoms with Crippen LogP contribution in [-0.4, -0.2) is 9.55 Å². The topological polar surface area (TPSA) is 66.9 Å². The smallest absolute Gasteiger partial charge is 0.330 e. The number of hydrogen-bond acceptors (Lipinski definition) is 3. The average molecular weight is 305 g/mol. The Morgan fingerprint density at radius 3 is 2.41 bits per heavy atom. The van der Waals surface area contributed by atoms with Gasteiger partial charge in [-0.15, -0.1) is 0 Å². The van der Waals surface area contributed by atoms with Gasteiger partial charge in [0.05, 0.1) is 0 Å². The van der Waals surface area contributed by atoms with E-state index >= 15 is 0 Å². The molecule has 1 heterocycles. The summed E-state index contributed by atoms with van der Waals surface area (Å²) in [6.07, 6.45) is 0.696. The average Bonchev–Trinajstić information content (AvgIpc) is 2.46. The number of anilines is 1. The van der Waals surface area contributed by atoms with Crippen molar-refractivity contribution in [2.45, 2.75) is 39.3 Å². The number of benzene rings is 1. The lowest BCUT2D eigenvalue weighted by molar-refractivity contribution is 0.490. The fraction of sp³-hybridized carbons (Fsp3) is 0.375. The molecule has 0 aliphatic heterocycles. The lowest BCUT2D eigenvalue weighted by atomic mass is 10.1. The van der Waals surface area contributed by atoms with Gasteiger partial charge in [-0.2, -0.15) is 0 Å². The highest BCUT2D eigenvalue weighted by Crippen LogP contribution is 2.17. The summed E-state index contributed by atoms with van der Waals surface area (Å²) in [5.41, 5.74) is 0.0796. The van der Waals surface area contributed by atoms with Crippen molar-refractivity contribution in [1.29, 1.82) is 0 Å². The number of hydrogen-bond donors (Lipinski definition) is 2. The van der Waals surface area contributed by atoms with Crippen LogP contribution < -0.4 is 16.6 Å². The van der Waals surface area contributed by atoms with Gasteiger partial charge in [-0.1, -0.05) is 19.1 Å². The summed E-state index contributed by atoms with van der Waals surface area (Å²) >= 11 is 0. The highest BCUT2D eigenvalue weighted by atomic mass is 19.1. The van der Waals surface area contributed by atoms with Crippen molar-refractivity contribution in [3.63, 3.8) is 0 Å². The fourth-order valence-electron chi connectivity index (χ4n) is 2.25. The minimum atomic E-state index is -0.435. The van der Waals surface area contributed by atoms with E-state index in [1.165, 1.54) is 22.8 Å². The highest BCUT2D eigenvalue weighted by Gasteiger charge is 2.11. The van der Waals surface area contributed by atoms with E-state index < -0.39 is 5.69 Å². The van der Waals surface area contributed by atoms with Crippen LogP contribution in [0.25, 0.3) is 0 Å². The van der Waals surface area contributed by atoms with Crippen LogP contribution in [0.4, 0.5) is 10.2 Å². The predicted octanol–water partition coefficient (Wildman–Crippen LogP) is 2.82. The minimum Gasteiger partial charge on any atom is -0.365 e. The largest absolute Gasteiger partial charge is 0.365 e. The normalized spacial score (nSPS) is 13.6. The molecule has 0 bridgehead atoms. The van der Waals surface area contributed by atoms with Gasteiger partial charge in [0.25, 0.3) is 5.56 Å². The minimum absolute atomic E-state index is 0.153. The molecular formula is C16H20FN3O2. The maximum Gasteiger partial charge on any atom is 0.330 e. The quantitative estimate of drug-likeness (QED) is 0.892. The third-order valence-corrected chi connectivity index (χ3v) is 3.74. The molecule has 1 aromatic heterocycles. The van der Waals surface area contributed by atoms with Gasteiger partial charge >= 0.3 is 5.69 Å². The van der Waals surface area contributed by atoms with Crippen LogP contribution in [0.3, 0.4) is 0 Å². The summed E-state index contributed by atoms with van der Waals surface area (Å²) in [7, 11) is 0. The number of aromatic nitrogens is 2. The second-order valence-corrected chi connectivity index (χ2v) is 5.37. The molecule has 118 valence electrons. The molecule has 0 unspecified atom stereocenters. The van der Waals surface area contributed by atoms with Crippen molar-refractivity contribution in [1.82, 2.24) is 9.55 Å². The fourth-order valence-corrected chi connectivity index (χ4v) is 2.25. The lowest BCUT2D eigenvalue weighted by Gasteiger charge is -2.17. The van der Waals surface area contributed by atoms with E-state index in [-0.39, 0.29) is 23.5 Å². The van der Waals surface area contributed by atoms with E-state index in [2.05, 4.69) is 10.3 Å². The summed E-state index contributed by atoms with van der Waals surface area (Å²) in [6.45, 7) is 5.61. The second kappa shape index (κ2) is 6.60. The summed E-state index contributed by atoms with van der Waals surface area (Å²) in [6, 6.07) is 7.11. The van der Waals surface area contributed by atoms with E-state index in [1.54, 1.807) is 12.1 Å².